The van der Waals surface area contributed by atoms with Crippen LogP contribution in [0.1, 0.15) is 56.7 Å². The van der Waals surface area contributed by atoms with Crippen LogP contribution in [0, 0.1) is 0 Å². The van der Waals surface area contributed by atoms with E-state index in [9.17, 15) is 4.79 Å². The predicted molar refractivity (Wildman–Crippen MR) is 134 cm³/mol. The molecule has 2 aromatic carbocycles. The highest BCUT2D eigenvalue weighted by Gasteiger charge is 2.34. The summed E-state index contributed by atoms with van der Waals surface area (Å²) in [5.41, 5.74) is 5.47. The van der Waals surface area contributed by atoms with Gasteiger partial charge in [-0.3, -0.25) is 4.79 Å². The minimum Gasteiger partial charge on any atom is -0.369 e. The number of hydrogen-bond donors (Lipinski definition) is 1. The molecule has 1 saturated heterocycles. The Morgan fingerprint density at radius 3 is 2.68 bits per heavy atom. The summed E-state index contributed by atoms with van der Waals surface area (Å²) in [4.78, 5) is 20.0. The summed E-state index contributed by atoms with van der Waals surface area (Å²) < 4.78 is 0. The SMILES string of the molecule is CCc1ccc(N=C2NC(=O)/C(=C/c3cc4c(cc3Cl)N(C)C(C)(C)C[C@@H]4C)S2)cc1. The molecule has 6 heteroatoms. The van der Waals surface area contributed by atoms with Crippen molar-refractivity contribution in [3.63, 3.8) is 0 Å². The first-order valence-electron chi connectivity index (χ1n) is 10.6. The molecule has 4 rings (SSSR count). The summed E-state index contributed by atoms with van der Waals surface area (Å²) in [7, 11) is 2.12. The van der Waals surface area contributed by atoms with Crippen molar-refractivity contribution in [1.82, 2.24) is 5.32 Å². The number of anilines is 1. The van der Waals surface area contributed by atoms with Gasteiger partial charge >= 0.3 is 0 Å². The van der Waals surface area contributed by atoms with E-state index in [1.54, 1.807) is 0 Å². The van der Waals surface area contributed by atoms with Crippen LogP contribution in [0.15, 0.2) is 46.3 Å². The summed E-state index contributed by atoms with van der Waals surface area (Å²) in [6.45, 7) is 8.89. The third kappa shape index (κ3) is 4.39. The van der Waals surface area contributed by atoms with Crippen molar-refractivity contribution in [2.75, 3.05) is 11.9 Å². The van der Waals surface area contributed by atoms with Crippen molar-refractivity contribution < 1.29 is 4.79 Å². The van der Waals surface area contributed by atoms with E-state index in [-0.39, 0.29) is 11.4 Å². The van der Waals surface area contributed by atoms with E-state index in [0.29, 0.717) is 21.0 Å². The smallest absolute Gasteiger partial charge is 0.264 e. The van der Waals surface area contributed by atoms with Gasteiger partial charge in [0.15, 0.2) is 5.17 Å². The fourth-order valence-corrected chi connectivity index (χ4v) is 5.31. The molecule has 1 amide bonds. The zero-order valence-electron chi connectivity index (χ0n) is 18.6. The van der Waals surface area contributed by atoms with Crippen LogP contribution in [0.2, 0.25) is 5.02 Å². The summed E-state index contributed by atoms with van der Waals surface area (Å²) in [5.74, 6) is 0.276. The van der Waals surface area contributed by atoms with Gasteiger partial charge in [-0.05, 0) is 91.4 Å². The molecule has 4 nitrogen and oxygen atoms in total. The zero-order chi connectivity index (χ0) is 22.3. The molecular weight excluding hydrogens is 426 g/mol. The van der Waals surface area contributed by atoms with Gasteiger partial charge in [0.2, 0.25) is 0 Å². The largest absolute Gasteiger partial charge is 0.369 e. The minimum atomic E-state index is -0.144. The maximum atomic E-state index is 12.5. The first-order valence-corrected chi connectivity index (χ1v) is 11.8. The van der Waals surface area contributed by atoms with Crippen molar-refractivity contribution in [3.05, 3.63) is 63.0 Å². The number of thioether (sulfide) groups is 1. The van der Waals surface area contributed by atoms with E-state index in [1.165, 1.54) is 22.9 Å². The van der Waals surface area contributed by atoms with Gasteiger partial charge in [0, 0.05) is 23.3 Å². The van der Waals surface area contributed by atoms with E-state index >= 15 is 0 Å². The average molecular weight is 454 g/mol. The summed E-state index contributed by atoms with van der Waals surface area (Å²) >= 11 is 7.99. The highest BCUT2D eigenvalue weighted by molar-refractivity contribution is 8.18. The Kier molecular flexibility index (Phi) is 5.93. The van der Waals surface area contributed by atoms with E-state index < -0.39 is 0 Å². The molecule has 0 radical (unpaired) electrons. The van der Waals surface area contributed by atoms with E-state index in [2.05, 4.69) is 68.2 Å². The second-order valence-corrected chi connectivity index (χ2v) is 10.3. The Labute approximate surface area is 193 Å². The molecule has 162 valence electrons. The second-order valence-electron chi connectivity index (χ2n) is 8.91. The number of amidine groups is 1. The number of nitrogens with zero attached hydrogens (tertiary/aromatic N) is 2. The number of aliphatic imine (C=N–C) groups is 1. The molecule has 1 N–H and O–H groups in total. The number of carbonyl (C=O) groups is 1. The Hall–Kier alpha value is -2.24. The summed E-state index contributed by atoms with van der Waals surface area (Å²) in [6, 6.07) is 12.2. The van der Waals surface area contributed by atoms with Gasteiger partial charge in [0.25, 0.3) is 5.91 Å². The van der Waals surface area contributed by atoms with Gasteiger partial charge in [-0.1, -0.05) is 37.6 Å². The molecule has 0 spiro atoms. The predicted octanol–water partition coefficient (Wildman–Crippen LogP) is 6.52. The first kappa shape index (κ1) is 22.0. The van der Waals surface area contributed by atoms with E-state index in [4.69, 9.17) is 11.6 Å². The Morgan fingerprint density at radius 1 is 1.29 bits per heavy atom. The highest BCUT2D eigenvalue weighted by Crippen LogP contribution is 2.45. The molecule has 2 heterocycles. The lowest BCUT2D eigenvalue weighted by molar-refractivity contribution is -0.115. The molecule has 0 saturated carbocycles. The Balaban J connectivity index is 1.62. The number of nitrogens with one attached hydrogen (secondary N) is 1. The summed E-state index contributed by atoms with van der Waals surface area (Å²) in [5, 5.41) is 4.10. The van der Waals surface area contributed by atoms with E-state index in [0.717, 1.165) is 29.8 Å². The minimum absolute atomic E-state index is 0.0810. The highest BCUT2D eigenvalue weighted by atomic mass is 35.5. The fraction of sp³-hybridized carbons (Fsp3) is 0.360. The van der Waals surface area contributed by atoms with Crippen molar-refractivity contribution in [2.24, 2.45) is 4.99 Å². The lowest BCUT2D eigenvalue weighted by Gasteiger charge is -2.45. The Bertz CT molecular complexity index is 1090. The Morgan fingerprint density at radius 2 is 2.00 bits per heavy atom. The van der Waals surface area contributed by atoms with Crippen molar-refractivity contribution in [2.45, 2.75) is 52.0 Å². The van der Waals surface area contributed by atoms with Crippen LogP contribution in [-0.4, -0.2) is 23.7 Å². The standard InChI is InChI=1S/C25H28ClN3OS/c1-6-16-7-9-18(10-8-16)27-24-28-23(30)22(31-24)12-17-11-19-15(2)14-25(3,4)29(5)21(19)13-20(17)26/h7-13,15H,6,14H2,1-5H3,(H,27,28,30)/b22-12-/t15-/m0/s1. The van der Waals surface area contributed by atoms with Crippen LogP contribution < -0.4 is 10.2 Å². The number of amides is 1. The van der Waals surface area contributed by atoms with Crippen molar-refractivity contribution in [3.8, 4) is 0 Å². The molecule has 2 aliphatic heterocycles. The van der Waals surface area contributed by atoms with Gasteiger partial charge in [-0.15, -0.1) is 0 Å². The quantitative estimate of drug-likeness (QED) is 0.538. The molecule has 2 aromatic rings. The van der Waals surface area contributed by atoms with Gasteiger partial charge in [-0.2, -0.15) is 0 Å². The molecule has 0 aromatic heterocycles. The monoisotopic (exact) mass is 453 g/mol. The molecule has 1 fully saturated rings. The molecular formula is C25H28ClN3OS. The van der Waals surface area contributed by atoms with Crippen LogP contribution in [0.25, 0.3) is 6.08 Å². The van der Waals surface area contributed by atoms with Gasteiger partial charge in [0.05, 0.1) is 10.6 Å². The summed E-state index contributed by atoms with van der Waals surface area (Å²) in [6.07, 6.45) is 3.93. The first-order chi connectivity index (χ1) is 14.7. The second kappa shape index (κ2) is 8.36. The number of benzene rings is 2. The van der Waals surface area contributed by atoms with Crippen molar-refractivity contribution >= 4 is 51.9 Å². The van der Waals surface area contributed by atoms with Crippen LogP contribution in [0.3, 0.4) is 0 Å². The molecule has 31 heavy (non-hydrogen) atoms. The topological polar surface area (TPSA) is 44.7 Å². The van der Waals surface area contributed by atoms with Crippen LogP contribution >= 0.6 is 23.4 Å². The third-order valence-electron chi connectivity index (χ3n) is 6.26. The average Bonchev–Trinajstić information content (AvgIpc) is 3.06. The van der Waals surface area contributed by atoms with Gasteiger partial charge in [-0.25, -0.2) is 4.99 Å². The lowest BCUT2D eigenvalue weighted by atomic mass is 9.80. The number of carbonyl (C=O) groups excluding carboxylic acids is 1. The number of hydrogen-bond acceptors (Lipinski definition) is 4. The van der Waals surface area contributed by atoms with Crippen LogP contribution in [-0.2, 0) is 11.2 Å². The van der Waals surface area contributed by atoms with Crippen molar-refractivity contribution in [1.29, 1.82) is 0 Å². The van der Waals surface area contributed by atoms with Gasteiger partial charge in [0.1, 0.15) is 0 Å². The van der Waals surface area contributed by atoms with Crippen LogP contribution in [0.4, 0.5) is 11.4 Å². The zero-order valence-corrected chi connectivity index (χ0v) is 20.2. The normalized spacial score (nSPS) is 22.7. The maximum absolute atomic E-state index is 12.5. The van der Waals surface area contributed by atoms with Gasteiger partial charge < -0.3 is 10.2 Å². The van der Waals surface area contributed by atoms with E-state index in [1.807, 2.05) is 24.3 Å². The molecule has 1 atom stereocenters. The number of fused-ring (bicyclic) bond motifs is 1. The molecule has 0 bridgehead atoms. The number of halogens is 1. The molecule has 0 aliphatic carbocycles. The fourth-order valence-electron chi connectivity index (χ4n) is 4.26. The lowest BCUT2D eigenvalue weighted by Crippen LogP contribution is -2.45. The number of rotatable bonds is 3. The number of aryl methyl sites for hydroxylation is 1. The molecule has 0 unspecified atom stereocenters. The molecule has 2 aliphatic rings. The van der Waals surface area contributed by atoms with Crippen LogP contribution in [0.5, 0.6) is 0 Å². The third-order valence-corrected chi connectivity index (χ3v) is 7.50. The maximum Gasteiger partial charge on any atom is 0.264 e.